The monoisotopic (exact) mass is 376 g/mol. The first-order chi connectivity index (χ1) is 9.79. The Labute approximate surface area is 129 Å². The molecule has 0 amide bonds. The predicted molar refractivity (Wildman–Crippen MR) is 78.9 cm³/mol. The summed E-state index contributed by atoms with van der Waals surface area (Å²) >= 11 is 3.16. The van der Waals surface area contributed by atoms with Crippen LogP contribution in [0.3, 0.4) is 0 Å². The lowest BCUT2D eigenvalue weighted by Crippen LogP contribution is -2.24. The van der Waals surface area contributed by atoms with Crippen LogP contribution in [-0.2, 0) is 16.6 Å². The van der Waals surface area contributed by atoms with E-state index in [9.17, 15) is 17.2 Å². The third-order valence-corrected chi connectivity index (χ3v) is 4.86. The van der Waals surface area contributed by atoms with Crippen LogP contribution in [0.2, 0.25) is 0 Å². The summed E-state index contributed by atoms with van der Waals surface area (Å²) in [5.41, 5.74) is 5.80. The van der Waals surface area contributed by atoms with E-state index in [1.165, 1.54) is 18.2 Å². The Morgan fingerprint density at radius 2 is 1.86 bits per heavy atom. The van der Waals surface area contributed by atoms with Crippen LogP contribution in [0.15, 0.2) is 45.8 Å². The molecular weight excluding hydrogens is 366 g/mol. The molecule has 0 spiro atoms. The van der Waals surface area contributed by atoms with Crippen molar-refractivity contribution in [2.75, 3.05) is 5.73 Å². The van der Waals surface area contributed by atoms with E-state index in [0.717, 1.165) is 18.2 Å². The van der Waals surface area contributed by atoms with E-state index in [-0.39, 0.29) is 22.7 Å². The van der Waals surface area contributed by atoms with E-state index in [1.807, 2.05) is 0 Å². The number of anilines is 1. The van der Waals surface area contributed by atoms with E-state index in [0.29, 0.717) is 4.47 Å². The summed E-state index contributed by atoms with van der Waals surface area (Å²) in [6, 6.07) is 6.96. The number of rotatable bonds is 4. The van der Waals surface area contributed by atoms with E-state index >= 15 is 0 Å². The molecule has 0 radical (unpaired) electrons. The summed E-state index contributed by atoms with van der Waals surface area (Å²) in [6.07, 6.45) is 0. The second-order valence-corrected chi connectivity index (χ2v) is 6.86. The van der Waals surface area contributed by atoms with Crippen LogP contribution in [0, 0.1) is 11.6 Å². The van der Waals surface area contributed by atoms with Gasteiger partial charge in [-0.2, -0.15) is 0 Å². The Hall–Kier alpha value is -1.51. The summed E-state index contributed by atoms with van der Waals surface area (Å²) in [5.74, 6) is -1.33. The van der Waals surface area contributed by atoms with Gasteiger partial charge >= 0.3 is 0 Å². The number of benzene rings is 2. The van der Waals surface area contributed by atoms with Gasteiger partial charge in [0.1, 0.15) is 11.6 Å². The fourth-order valence-electron chi connectivity index (χ4n) is 1.62. The molecular formula is C13H11BrF2N2O2S. The lowest BCUT2D eigenvalue weighted by Gasteiger charge is -2.09. The van der Waals surface area contributed by atoms with Crippen molar-refractivity contribution in [1.82, 2.24) is 4.72 Å². The molecule has 2 aromatic rings. The van der Waals surface area contributed by atoms with Gasteiger partial charge in [-0.25, -0.2) is 21.9 Å². The molecule has 4 nitrogen and oxygen atoms in total. The zero-order valence-corrected chi connectivity index (χ0v) is 13.0. The smallest absolute Gasteiger partial charge is 0.240 e. The van der Waals surface area contributed by atoms with Gasteiger partial charge < -0.3 is 5.73 Å². The molecule has 2 rings (SSSR count). The summed E-state index contributed by atoms with van der Waals surface area (Å²) in [6.45, 7) is -0.359. The lowest BCUT2D eigenvalue weighted by molar-refractivity contribution is 0.567. The highest BCUT2D eigenvalue weighted by Gasteiger charge is 2.16. The van der Waals surface area contributed by atoms with Gasteiger partial charge in [-0.1, -0.05) is 0 Å². The quantitative estimate of drug-likeness (QED) is 0.805. The maximum Gasteiger partial charge on any atom is 0.240 e. The van der Waals surface area contributed by atoms with Crippen LogP contribution in [0.1, 0.15) is 5.56 Å². The minimum Gasteiger partial charge on any atom is -0.398 e. The lowest BCUT2D eigenvalue weighted by atomic mass is 10.2. The number of hydrogen-bond donors (Lipinski definition) is 2. The van der Waals surface area contributed by atoms with E-state index < -0.39 is 21.7 Å². The molecule has 3 N–H and O–H groups in total. The molecule has 8 heteroatoms. The van der Waals surface area contributed by atoms with Crippen LogP contribution >= 0.6 is 15.9 Å². The first kappa shape index (κ1) is 15.9. The normalized spacial score (nSPS) is 11.6. The number of nitrogen functional groups attached to an aromatic ring is 1. The molecule has 21 heavy (non-hydrogen) atoms. The van der Waals surface area contributed by atoms with Crippen molar-refractivity contribution in [2.45, 2.75) is 11.4 Å². The molecule has 2 aromatic carbocycles. The number of nitrogens with one attached hydrogen (secondary N) is 1. The van der Waals surface area contributed by atoms with Crippen molar-refractivity contribution in [1.29, 1.82) is 0 Å². The van der Waals surface area contributed by atoms with Crippen LogP contribution in [0.5, 0.6) is 0 Å². The maximum atomic E-state index is 13.4. The minimum absolute atomic E-state index is 0.0555. The Kier molecular flexibility index (Phi) is 4.60. The molecule has 0 saturated carbocycles. The van der Waals surface area contributed by atoms with E-state index in [4.69, 9.17) is 5.73 Å². The number of halogens is 3. The first-order valence-electron chi connectivity index (χ1n) is 5.78. The standard InChI is InChI=1S/C13H11BrF2N2O2S/c14-11-3-2-10(6-13(11)17)21(19,20)18-7-8-5-9(15)1-4-12(8)16/h1-6,18H,7,17H2. The highest BCUT2D eigenvalue weighted by molar-refractivity contribution is 9.10. The SMILES string of the molecule is Nc1cc(S(=O)(=O)NCc2cc(F)ccc2F)ccc1Br. The summed E-state index contributed by atoms with van der Waals surface area (Å²) in [7, 11) is -3.87. The third-order valence-electron chi connectivity index (χ3n) is 2.74. The predicted octanol–water partition coefficient (Wildman–Crippen LogP) is 2.79. The Morgan fingerprint density at radius 3 is 2.52 bits per heavy atom. The van der Waals surface area contributed by atoms with Crippen molar-refractivity contribution >= 4 is 31.6 Å². The summed E-state index contributed by atoms with van der Waals surface area (Å²) in [5, 5.41) is 0. The molecule has 0 saturated heterocycles. The highest BCUT2D eigenvalue weighted by atomic mass is 79.9. The Balaban J connectivity index is 2.21. The van der Waals surface area contributed by atoms with Crippen molar-refractivity contribution in [3.05, 3.63) is 58.1 Å². The van der Waals surface area contributed by atoms with Crippen molar-refractivity contribution in [3.8, 4) is 0 Å². The number of sulfonamides is 1. The van der Waals surface area contributed by atoms with E-state index in [2.05, 4.69) is 20.7 Å². The molecule has 0 bridgehead atoms. The number of hydrogen-bond acceptors (Lipinski definition) is 3. The average molecular weight is 377 g/mol. The van der Waals surface area contributed by atoms with Gasteiger partial charge in [-0.3, -0.25) is 0 Å². The molecule has 0 unspecified atom stereocenters. The molecule has 0 heterocycles. The van der Waals surface area contributed by atoms with Crippen LogP contribution in [0.4, 0.5) is 14.5 Å². The molecule has 0 aliphatic carbocycles. The van der Waals surface area contributed by atoms with Crippen LogP contribution in [-0.4, -0.2) is 8.42 Å². The zero-order chi connectivity index (χ0) is 15.6. The molecule has 0 aliphatic heterocycles. The zero-order valence-electron chi connectivity index (χ0n) is 10.6. The molecule has 112 valence electrons. The van der Waals surface area contributed by atoms with Gasteiger partial charge in [-0.15, -0.1) is 0 Å². The van der Waals surface area contributed by atoms with Crippen molar-refractivity contribution < 1.29 is 17.2 Å². The van der Waals surface area contributed by atoms with Gasteiger partial charge in [0, 0.05) is 22.3 Å². The second kappa shape index (κ2) is 6.08. The van der Waals surface area contributed by atoms with Gasteiger partial charge in [0.05, 0.1) is 4.90 Å². The Bertz CT molecular complexity index is 782. The number of nitrogens with two attached hydrogens (primary N) is 1. The van der Waals surface area contributed by atoms with Gasteiger partial charge in [-0.05, 0) is 52.3 Å². The van der Waals surface area contributed by atoms with Gasteiger partial charge in [0.25, 0.3) is 0 Å². The average Bonchev–Trinajstić information content (AvgIpc) is 2.43. The molecule has 0 aromatic heterocycles. The first-order valence-corrected chi connectivity index (χ1v) is 8.06. The fourth-order valence-corrected chi connectivity index (χ4v) is 2.91. The van der Waals surface area contributed by atoms with E-state index in [1.54, 1.807) is 0 Å². The highest BCUT2D eigenvalue weighted by Crippen LogP contribution is 2.23. The summed E-state index contributed by atoms with van der Waals surface area (Å²) in [4.78, 5) is -0.0555. The summed E-state index contributed by atoms with van der Waals surface area (Å²) < 4.78 is 53.4. The van der Waals surface area contributed by atoms with Crippen molar-refractivity contribution in [3.63, 3.8) is 0 Å². The molecule has 0 fully saturated rings. The molecule has 0 atom stereocenters. The largest absolute Gasteiger partial charge is 0.398 e. The van der Waals surface area contributed by atoms with Crippen molar-refractivity contribution in [2.24, 2.45) is 0 Å². The van der Waals surface area contributed by atoms with Crippen LogP contribution in [0.25, 0.3) is 0 Å². The second-order valence-electron chi connectivity index (χ2n) is 4.24. The topological polar surface area (TPSA) is 72.2 Å². The molecule has 0 aliphatic rings. The Morgan fingerprint density at radius 1 is 1.14 bits per heavy atom. The van der Waals surface area contributed by atoms with Crippen LogP contribution < -0.4 is 10.5 Å². The maximum absolute atomic E-state index is 13.4. The third kappa shape index (κ3) is 3.78. The van der Waals surface area contributed by atoms with Gasteiger partial charge in [0.15, 0.2) is 0 Å². The minimum atomic E-state index is -3.87. The fraction of sp³-hybridized carbons (Fsp3) is 0.0769. The van der Waals surface area contributed by atoms with Gasteiger partial charge in [0.2, 0.25) is 10.0 Å².